The van der Waals surface area contributed by atoms with E-state index in [-0.39, 0.29) is 44.8 Å². The summed E-state index contributed by atoms with van der Waals surface area (Å²) in [6.45, 7) is -0.0555. The van der Waals surface area contributed by atoms with Gasteiger partial charge < -0.3 is 30.5 Å². The van der Waals surface area contributed by atoms with Crippen LogP contribution in [0.1, 0.15) is 43.2 Å². The molecule has 12 nitrogen and oxygen atoms in total. The maximum absolute atomic E-state index is 13.0. The van der Waals surface area contributed by atoms with Crippen LogP contribution in [0.4, 0.5) is 0 Å². The number of benzene rings is 2. The van der Waals surface area contributed by atoms with Crippen LogP contribution in [-0.4, -0.2) is 58.9 Å². The van der Waals surface area contributed by atoms with Gasteiger partial charge in [0.05, 0.1) is 6.42 Å². The van der Waals surface area contributed by atoms with Crippen LogP contribution < -0.4 is 16.0 Å². The van der Waals surface area contributed by atoms with E-state index in [1.165, 1.54) is 0 Å². The molecule has 3 rings (SSSR count). The van der Waals surface area contributed by atoms with E-state index in [0.29, 0.717) is 5.56 Å². The Morgan fingerprint density at radius 2 is 1.43 bits per heavy atom. The number of carboxylic acids is 1. The number of nitrogens with one attached hydrogen (secondary N) is 3. The highest BCUT2D eigenvalue weighted by atomic mass is 16.5. The van der Waals surface area contributed by atoms with Gasteiger partial charge in [0.2, 0.25) is 17.7 Å². The summed E-state index contributed by atoms with van der Waals surface area (Å²) >= 11 is 0. The maximum atomic E-state index is 13.0. The highest BCUT2D eigenvalue weighted by Gasteiger charge is 2.33. The fourth-order valence-electron chi connectivity index (χ4n) is 3.86. The molecule has 0 bridgehead atoms. The SMILES string of the molecule is O=C1CC[C@@H](C(=O)N[C@@H](CCC(=O)OCc2ccccc2)C(=O)N[C@@H](CC(=O)OCc2ccccc2)C(=O)O)N1. The number of ether oxygens (including phenoxy) is 2. The molecule has 1 aliphatic heterocycles. The molecule has 12 heteroatoms. The van der Waals surface area contributed by atoms with E-state index in [0.717, 1.165) is 5.56 Å². The van der Waals surface area contributed by atoms with Gasteiger partial charge in [-0.1, -0.05) is 60.7 Å². The van der Waals surface area contributed by atoms with Crippen molar-refractivity contribution in [3.05, 3.63) is 71.8 Å². The van der Waals surface area contributed by atoms with Crippen molar-refractivity contribution in [2.45, 2.75) is 63.4 Å². The monoisotopic (exact) mass is 553 g/mol. The lowest BCUT2D eigenvalue weighted by Gasteiger charge is -2.22. The molecule has 212 valence electrons. The number of esters is 2. The summed E-state index contributed by atoms with van der Waals surface area (Å²) in [4.78, 5) is 73.6. The molecular formula is C28H31N3O9. The molecule has 40 heavy (non-hydrogen) atoms. The number of carboxylic acid groups (broad SMARTS) is 1. The van der Waals surface area contributed by atoms with Gasteiger partial charge in [-0.2, -0.15) is 0 Å². The first-order valence-electron chi connectivity index (χ1n) is 12.7. The van der Waals surface area contributed by atoms with Gasteiger partial charge in [-0.15, -0.1) is 0 Å². The van der Waals surface area contributed by atoms with Crippen molar-refractivity contribution in [2.24, 2.45) is 0 Å². The highest BCUT2D eigenvalue weighted by Crippen LogP contribution is 2.10. The van der Waals surface area contributed by atoms with Crippen LogP contribution in [-0.2, 0) is 51.5 Å². The topological polar surface area (TPSA) is 177 Å². The zero-order valence-electron chi connectivity index (χ0n) is 21.7. The van der Waals surface area contributed by atoms with Crippen LogP contribution in [0.2, 0.25) is 0 Å². The van der Waals surface area contributed by atoms with E-state index < -0.39 is 54.3 Å². The van der Waals surface area contributed by atoms with Gasteiger partial charge in [-0.3, -0.25) is 24.0 Å². The quantitative estimate of drug-likeness (QED) is 0.248. The van der Waals surface area contributed by atoms with Gasteiger partial charge in [0.15, 0.2) is 0 Å². The van der Waals surface area contributed by atoms with Gasteiger partial charge >= 0.3 is 17.9 Å². The number of hydrogen-bond acceptors (Lipinski definition) is 8. The third-order valence-electron chi connectivity index (χ3n) is 6.05. The molecule has 1 heterocycles. The van der Waals surface area contributed by atoms with Gasteiger partial charge in [0.25, 0.3) is 0 Å². The summed E-state index contributed by atoms with van der Waals surface area (Å²) in [5, 5.41) is 16.8. The van der Waals surface area contributed by atoms with Crippen LogP contribution in [0.3, 0.4) is 0 Å². The largest absolute Gasteiger partial charge is 0.480 e. The molecule has 0 saturated carbocycles. The second-order valence-corrected chi connectivity index (χ2v) is 9.15. The standard InChI is InChI=1S/C28H31N3O9/c32-23-13-11-20(29-23)26(35)30-21(12-14-24(33)39-16-18-7-3-1-4-8-18)27(36)31-22(28(37)38)15-25(34)40-17-19-9-5-2-6-10-19/h1-10,20-22H,11-17H2,(H,29,32)(H,30,35)(H,31,36)(H,37,38)/t20-,21-,22-/m0/s1. The Morgan fingerprint density at radius 1 is 0.850 bits per heavy atom. The smallest absolute Gasteiger partial charge is 0.326 e. The third kappa shape index (κ3) is 9.86. The lowest BCUT2D eigenvalue weighted by atomic mass is 10.1. The fourth-order valence-corrected chi connectivity index (χ4v) is 3.86. The molecule has 0 aliphatic carbocycles. The van der Waals surface area contributed by atoms with Crippen LogP contribution in [0.5, 0.6) is 0 Å². The fraction of sp³-hybridized carbons (Fsp3) is 0.357. The molecule has 1 aliphatic rings. The molecular weight excluding hydrogens is 522 g/mol. The first kappa shape index (κ1) is 29.8. The van der Waals surface area contributed by atoms with Crippen molar-refractivity contribution in [3.8, 4) is 0 Å². The van der Waals surface area contributed by atoms with Crippen molar-refractivity contribution >= 4 is 35.6 Å². The molecule has 1 saturated heterocycles. The maximum Gasteiger partial charge on any atom is 0.326 e. The van der Waals surface area contributed by atoms with Crippen LogP contribution in [0.15, 0.2) is 60.7 Å². The first-order valence-corrected chi connectivity index (χ1v) is 12.7. The molecule has 2 aromatic rings. The van der Waals surface area contributed by atoms with E-state index in [4.69, 9.17) is 9.47 Å². The van der Waals surface area contributed by atoms with E-state index in [1.54, 1.807) is 54.6 Å². The minimum absolute atomic E-state index is 0.0170. The number of amides is 3. The zero-order valence-corrected chi connectivity index (χ0v) is 21.7. The number of carbonyl (C=O) groups is 6. The molecule has 0 spiro atoms. The van der Waals surface area contributed by atoms with Crippen LogP contribution in [0.25, 0.3) is 0 Å². The average Bonchev–Trinajstić information content (AvgIpc) is 3.39. The molecule has 3 atom stereocenters. The molecule has 1 fully saturated rings. The zero-order chi connectivity index (χ0) is 28.9. The Kier molecular flexibility index (Phi) is 11.2. The van der Waals surface area contributed by atoms with Gasteiger partial charge in [-0.25, -0.2) is 4.79 Å². The van der Waals surface area contributed by atoms with Crippen molar-refractivity contribution in [2.75, 3.05) is 0 Å². The van der Waals surface area contributed by atoms with Crippen LogP contribution in [0, 0.1) is 0 Å². The lowest BCUT2D eigenvalue weighted by Crippen LogP contribution is -2.55. The summed E-state index contributed by atoms with van der Waals surface area (Å²) in [5.74, 6) is -4.86. The highest BCUT2D eigenvalue weighted by molar-refractivity contribution is 5.95. The second-order valence-electron chi connectivity index (χ2n) is 9.15. The summed E-state index contributed by atoms with van der Waals surface area (Å²) in [5.41, 5.74) is 1.46. The minimum atomic E-state index is -1.65. The Labute approximate surface area is 230 Å². The van der Waals surface area contributed by atoms with E-state index in [1.807, 2.05) is 6.07 Å². The normalized spacial score (nSPS) is 15.7. The first-order chi connectivity index (χ1) is 19.2. The van der Waals surface area contributed by atoms with E-state index >= 15 is 0 Å². The molecule has 0 aromatic heterocycles. The predicted molar refractivity (Wildman–Crippen MR) is 139 cm³/mol. The average molecular weight is 554 g/mol. The Balaban J connectivity index is 1.59. The number of aliphatic carboxylic acids is 1. The summed E-state index contributed by atoms with van der Waals surface area (Å²) in [7, 11) is 0. The lowest BCUT2D eigenvalue weighted by molar-refractivity contribution is -0.151. The number of hydrogen-bond donors (Lipinski definition) is 4. The van der Waals surface area contributed by atoms with Crippen molar-refractivity contribution < 1.29 is 43.3 Å². The molecule has 0 radical (unpaired) electrons. The summed E-state index contributed by atoms with van der Waals surface area (Å²) in [6, 6.07) is 13.9. The van der Waals surface area contributed by atoms with Crippen molar-refractivity contribution in [1.29, 1.82) is 0 Å². The molecule has 3 amide bonds. The second kappa shape index (κ2) is 15.0. The molecule has 0 unspecified atom stereocenters. The third-order valence-corrected chi connectivity index (χ3v) is 6.05. The van der Waals surface area contributed by atoms with E-state index in [9.17, 15) is 33.9 Å². The van der Waals surface area contributed by atoms with Crippen LogP contribution >= 0.6 is 0 Å². The predicted octanol–water partition coefficient (Wildman–Crippen LogP) is 0.976. The Hall–Kier alpha value is -4.74. The molecule has 2 aromatic carbocycles. The Bertz CT molecular complexity index is 1200. The van der Waals surface area contributed by atoms with Crippen molar-refractivity contribution in [3.63, 3.8) is 0 Å². The van der Waals surface area contributed by atoms with Gasteiger partial charge in [-0.05, 0) is 24.0 Å². The minimum Gasteiger partial charge on any atom is -0.480 e. The van der Waals surface area contributed by atoms with E-state index in [2.05, 4.69) is 16.0 Å². The Morgan fingerprint density at radius 3 is 1.95 bits per heavy atom. The number of carbonyl (C=O) groups excluding carboxylic acids is 5. The summed E-state index contributed by atoms with van der Waals surface area (Å²) in [6.07, 6.45) is -0.766. The molecule has 4 N–H and O–H groups in total. The van der Waals surface area contributed by atoms with Crippen molar-refractivity contribution in [1.82, 2.24) is 16.0 Å². The number of rotatable bonds is 14. The van der Waals surface area contributed by atoms with Gasteiger partial charge in [0.1, 0.15) is 31.3 Å². The summed E-state index contributed by atoms with van der Waals surface area (Å²) < 4.78 is 10.3. The van der Waals surface area contributed by atoms with Gasteiger partial charge in [0, 0.05) is 12.8 Å².